The minimum Gasteiger partial charge on any atom is -0.352 e. The van der Waals surface area contributed by atoms with E-state index in [4.69, 9.17) is 11.6 Å². The first-order valence-corrected chi connectivity index (χ1v) is 8.32. The van der Waals surface area contributed by atoms with Gasteiger partial charge >= 0.3 is 0 Å². The second-order valence-electron chi connectivity index (χ2n) is 4.54. The van der Waals surface area contributed by atoms with Crippen LogP contribution in [-0.2, 0) is 0 Å². The van der Waals surface area contributed by atoms with Gasteiger partial charge in [0.1, 0.15) is 0 Å². The van der Waals surface area contributed by atoms with Crippen molar-refractivity contribution in [2.24, 2.45) is 5.92 Å². The van der Waals surface area contributed by atoms with Gasteiger partial charge in [-0.2, -0.15) is 0 Å². The van der Waals surface area contributed by atoms with E-state index in [0.29, 0.717) is 21.3 Å². The first kappa shape index (κ1) is 14.6. The lowest BCUT2D eigenvalue weighted by Crippen LogP contribution is -2.31. The highest BCUT2D eigenvalue weighted by Gasteiger charge is 2.25. The van der Waals surface area contributed by atoms with Crippen LogP contribution in [-0.4, -0.2) is 17.3 Å². The second-order valence-corrected chi connectivity index (χ2v) is 7.32. The Bertz CT molecular complexity index is 455. The van der Waals surface area contributed by atoms with Crippen LogP contribution in [0.25, 0.3) is 0 Å². The van der Waals surface area contributed by atoms with Crippen molar-refractivity contribution in [3.63, 3.8) is 0 Å². The van der Waals surface area contributed by atoms with E-state index < -0.39 is 0 Å². The van der Waals surface area contributed by atoms with Gasteiger partial charge in [-0.3, -0.25) is 4.79 Å². The highest BCUT2D eigenvalue weighted by atomic mass is 127. The molecule has 2 nitrogen and oxygen atoms in total. The Morgan fingerprint density at radius 2 is 2.28 bits per heavy atom. The van der Waals surface area contributed by atoms with Gasteiger partial charge in [-0.25, -0.2) is 0 Å². The van der Waals surface area contributed by atoms with Crippen LogP contribution in [0, 0.1) is 9.49 Å². The van der Waals surface area contributed by atoms with Gasteiger partial charge in [-0.05, 0) is 59.5 Å². The molecule has 0 aliphatic heterocycles. The number of nitrogens with one attached hydrogen (secondary N) is 1. The first-order chi connectivity index (χ1) is 8.58. The number of carbonyl (C=O) groups is 1. The molecule has 1 fully saturated rings. The second kappa shape index (κ2) is 6.57. The Hall–Kier alpha value is 0.190. The number of amides is 1. The third-order valence-corrected chi connectivity index (χ3v) is 5.65. The lowest BCUT2D eigenvalue weighted by Gasteiger charge is -2.15. The number of hydrogen-bond donors (Lipinski definition) is 1. The molecule has 0 aromatic heterocycles. The maximum absolute atomic E-state index is 12.1. The van der Waals surface area contributed by atoms with Gasteiger partial charge < -0.3 is 5.32 Å². The minimum absolute atomic E-state index is 0.0338. The maximum Gasteiger partial charge on any atom is 0.252 e. The Kier molecular flexibility index (Phi) is 5.33. The topological polar surface area (TPSA) is 29.1 Å². The highest BCUT2D eigenvalue weighted by Crippen LogP contribution is 2.31. The molecule has 1 saturated carbocycles. The van der Waals surface area contributed by atoms with Crippen LogP contribution in [0.2, 0.25) is 5.02 Å². The quantitative estimate of drug-likeness (QED) is 0.551. The summed E-state index contributed by atoms with van der Waals surface area (Å²) in [6.07, 6.45) is 3.63. The zero-order chi connectivity index (χ0) is 13.1. The van der Waals surface area contributed by atoms with E-state index in [9.17, 15) is 4.79 Å². The number of hydrogen-bond acceptors (Lipinski definition) is 1. The van der Waals surface area contributed by atoms with Crippen LogP contribution in [0.4, 0.5) is 0 Å². The molecule has 1 aliphatic rings. The molecule has 98 valence electrons. The van der Waals surface area contributed by atoms with Crippen molar-refractivity contribution >= 4 is 56.0 Å². The van der Waals surface area contributed by atoms with E-state index in [1.54, 1.807) is 12.1 Å². The molecule has 2 rings (SSSR count). The number of alkyl halides is 1. The Morgan fingerprint density at radius 3 is 2.94 bits per heavy atom. The molecule has 1 aromatic rings. The smallest absolute Gasteiger partial charge is 0.252 e. The van der Waals surface area contributed by atoms with E-state index in [1.165, 1.54) is 19.3 Å². The zero-order valence-corrected chi connectivity index (χ0v) is 14.3. The van der Waals surface area contributed by atoms with Crippen molar-refractivity contribution in [2.45, 2.75) is 24.1 Å². The Balaban J connectivity index is 1.97. The van der Waals surface area contributed by atoms with Gasteiger partial charge in [0, 0.05) is 20.0 Å². The number of halogens is 3. The molecular weight excluding hydrogens is 428 g/mol. The van der Waals surface area contributed by atoms with Gasteiger partial charge in [0.2, 0.25) is 0 Å². The van der Waals surface area contributed by atoms with Crippen molar-refractivity contribution < 1.29 is 4.79 Å². The predicted octanol–water partition coefficient (Wildman–Crippen LogP) is 4.24. The van der Waals surface area contributed by atoms with E-state index in [0.717, 1.165) is 10.1 Å². The Labute approximate surface area is 134 Å². The van der Waals surface area contributed by atoms with Gasteiger partial charge in [0.25, 0.3) is 5.91 Å². The molecule has 0 saturated heterocycles. The van der Waals surface area contributed by atoms with Crippen molar-refractivity contribution in [1.29, 1.82) is 0 Å². The predicted molar refractivity (Wildman–Crippen MR) is 86.6 cm³/mol. The number of rotatable bonds is 3. The average Bonchev–Trinajstić information content (AvgIpc) is 2.75. The minimum atomic E-state index is -0.0338. The van der Waals surface area contributed by atoms with Crippen LogP contribution in [0.1, 0.15) is 29.6 Å². The molecule has 1 N–H and O–H groups in total. The molecular formula is C13H14BrClINO. The lowest BCUT2D eigenvalue weighted by atomic mass is 10.1. The van der Waals surface area contributed by atoms with E-state index in [1.807, 2.05) is 6.07 Å². The fraction of sp³-hybridized carbons (Fsp3) is 0.462. The molecule has 0 spiro atoms. The summed E-state index contributed by atoms with van der Waals surface area (Å²) in [4.78, 5) is 12.6. The molecule has 18 heavy (non-hydrogen) atoms. The lowest BCUT2D eigenvalue weighted by molar-refractivity contribution is 0.0947. The van der Waals surface area contributed by atoms with E-state index in [2.05, 4.69) is 43.8 Å². The van der Waals surface area contributed by atoms with Crippen molar-refractivity contribution in [3.8, 4) is 0 Å². The summed E-state index contributed by atoms with van der Waals surface area (Å²) >= 11 is 11.7. The standard InChI is InChI=1S/C13H14BrClINO/c14-11-3-1-2-8(11)7-17-13(18)10-6-9(15)4-5-12(10)16/h4-6,8,11H,1-3,7H2,(H,17,18). The van der Waals surface area contributed by atoms with Crippen LogP contribution >= 0.6 is 50.1 Å². The molecule has 2 unspecified atom stereocenters. The van der Waals surface area contributed by atoms with Gasteiger partial charge in [-0.15, -0.1) is 0 Å². The van der Waals surface area contributed by atoms with Crippen LogP contribution in [0.5, 0.6) is 0 Å². The molecule has 1 aromatic carbocycles. The summed E-state index contributed by atoms with van der Waals surface area (Å²) in [7, 11) is 0. The van der Waals surface area contributed by atoms with E-state index >= 15 is 0 Å². The molecule has 0 heterocycles. The SMILES string of the molecule is O=C(NCC1CCCC1Br)c1cc(Cl)ccc1I. The van der Waals surface area contributed by atoms with Crippen LogP contribution in [0.3, 0.4) is 0 Å². The molecule has 1 aliphatic carbocycles. The van der Waals surface area contributed by atoms with Crippen LogP contribution in [0.15, 0.2) is 18.2 Å². The Morgan fingerprint density at radius 1 is 1.50 bits per heavy atom. The fourth-order valence-electron chi connectivity index (χ4n) is 2.21. The highest BCUT2D eigenvalue weighted by molar-refractivity contribution is 14.1. The molecule has 5 heteroatoms. The fourth-order valence-corrected chi connectivity index (χ4v) is 3.74. The first-order valence-electron chi connectivity index (χ1n) is 5.95. The van der Waals surface area contributed by atoms with Gasteiger partial charge in [0.15, 0.2) is 0 Å². The largest absolute Gasteiger partial charge is 0.352 e. The summed E-state index contributed by atoms with van der Waals surface area (Å²) < 4.78 is 0.927. The van der Waals surface area contributed by atoms with E-state index in [-0.39, 0.29) is 5.91 Å². The summed E-state index contributed by atoms with van der Waals surface area (Å²) in [6, 6.07) is 5.38. The molecule has 2 atom stereocenters. The van der Waals surface area contributed by atoms with Gasteiger partial charge in [-0.1, -0.05) is 34.0 Å². The van der Waals surface area contributed by atoms with Crippen LogP contribution < -0.4 is 5.32 Å². The zero-order valence-electron chi connectivity index (χ0n) is 9.76. The van der Waals surface area contributed by atoms with Crippen molar-refractivity contribution in [2.75, 3.05) is 6.54 Å². The molecule has 0 radical (unpaired) electrons. The summed E-state index contributed by atoms with van der Waals surface area (Å²) in [5.74, 6) is 0.513. The van der Waals surface area contributed by atoms with Crippen molar-refractivity contribution in [1.82, 2.24) is 5.32 Å². The summed E-state index contributed by atoms with van der Waals surface area (Å²) in [5.41, 5.74) is 0.659. The molecule has 1 amide bonds. The normalized spacial score (nSPS) is 23.1. The summed E-state index contributed by atoms with van der Waals surface area (Å²) in [6.45, 7) is 0.733. The average molecular weight is 443 g/mol. The summed E-state index contributed by atoms with van der Waals surface area (Å²) in [5, 5.41) is 3.60. The van der Waals surface area contributed by atoms with Gasteiger partial charge in [0.05, 0.1) is 5.56 Å². The number of benzene rings is 1. The molecule has 0 bridgehead atoms. The maximum atomic E-state index is 12.1. The third kappa shape index (κ3) is 3.61. The third-order valence-electron chi connectivity index (χ3n) is 3.26. The van der Waals surface area contributed by atoms with Crippen molar-refractivity contribution in [3.05, 3.63) is 32.4 Å². The monoisotopic (exact) mass is 441 g/mol. The number of carbonyl (C=O) groups excluding carboxylic acids is 1.